The summed E-state index contributed by atoms with van der Waals surface area (Å²) in [5.41, 5.74) is 4.34. The molecule has 3 heterocycles. The van der Waals surface area contributed by atoms with E-state index in [1.165, 1.54) is 6.42 Å². The molecule has 0 radical (unpaired) electrons. The van der Waals surface area contributed by atoms with E-state index in [-0.39, 0.29) is 31.0 Å². The van der Waals surface area contributed by atoms with E-state index >= 15 is 0 Å². The molecule has 6 rings (SSSR count). The average molecular weight is 672 g/mol. The predicted molar refractivity (Wildman–Crippen MR) is 190 cm³/mol. The molecular formula is C39H53N5O5. The van der Waals surface area contributed by atoms with Crippen LogP contribution in [0.25, 0.3) is 11.1 Å². The third kappa shape index (κ3) is 7.64. The Balaban J connectivity index is 1.13. The van der Waals surface area contributed by atoms with Gasteiger partial charge in [0.1, 0.15) is 12.4 Å². The number of methoxy groups -OCH3 is 1. The van der Waals surface area contributed by atoms with Crippen molar-refractivity contribution in [1.82, 2.24) is 19.7 Å². The van der Waals surface area contributed by atoms with E-state index in [2.05, 4.69) is 34.3 Å². The van der Waals surface area contributed by atoms with Gasteiger partial charge < -0.3 is 19.5 Å². The number of carbonyl (C=O) groups is 2. The highest BCUT2D eigenvalue weighted by molar-refractivity contribution is 5.95. The van der Waals surface area contributed by atoms with E-state index in [4.69, 9.17) is 14.5 Å². The first-order valence-electron chi connectivity index (χ1n) is 18.1. The van der Waals surface area contributed by atoms with Crippen LogP contribution in [0.5, 0.6) is 5.75 Å². The van der Waals surface area contributed by atoms with E-state index in [0.29, 0.717) is 11.8 Å². The Hall–Kier alpha value is -3.92. The second-order valence-corrected chi connectivity index (χ2v) is 15.0. The molecule has 2 amide bonds. The van der Waals surface area contributed by atoms with Crippen LogP contribution >= 0.6 is 0 Å². The molecule has 1 N–H and O–H groups in total. The quantitative estimate of drug-likeness (QED) is 0.241. The van der Waals surface area contributed by atoms with Crippen molar-refractivity contribution in [2.24, 2.45) is 11.8 Å². The second-order valence-electron chi connectivity index (χ2n) is 15.0. The molecule has 2 unspecified atom stereocenters. The minimum absolute atomic E-state index is 0.0802. The van der Waals surface area contributed by atoms with Crippen LogP contribution in [0.2, 0.25) is 0 Å². The Bertz CT molecular complexity index is 1610. The largest absolute Gasteiger partial charge is 0.495 e. The van der Waals surface area contributed by atoms with Crippen LogP contribution in [0.1, 0.15) is 102 Å². The number of ether oxygens (including phenoxy) is 2. The molecule has 1 saturated heterocycles. The lowest BCUT2D eigenvalue weighted by atomic mass is 9.79. The lowest BCUT2D eigenvalue weighted by Gasteiger charge is -2.51. The Labute approximate surface area is 290 Å². The van der Waals surface area contributed by atoms with Gasteiger partial charge in [-0.2, -0.15) is 5.10 Å². The standard InChI is InChI=1S/C39H53N5O5/c1-26(25-49-38(47)43-24-36(45)39(43,3)4)44-23-32(21-40-44)31-12-9-13-33(20-31)42(37(46)30-10-7-6-8-11-30)22-28-14-16-29(17-15-28)34-18-19-35(48-5)27(2)41-34/h9,12-13,18-21,23,26,28-30,36,45H,6-8,10-11,14-17,22,24-25H2,1-5H3. The van der Waals surface area contributed by atoms with Crippen molar-refractivity contribution >= 4 is 17.7 Å². The lowest BCUT2D eigenvalue weighted by Crippen LogP contribution is -2.69. The molecule has 0 spiro atoms. The fraction of sp³-hybridized carbons (Fsp3) is 0.590. The second kappa shape index (κ2) is 14.9. The van der Waals surface area contributed by atoms with Gasteiger partial charge >= 0.3 is 6.09 Å². The lowest BCUT2D eigenvalue weighted by molar-refractivity contribution is -0.123. The van der Waals surface area contributed by atoms with Gasteiger partial charge in [-0.15, -0.1) is 0 Å². The van der Waals surface area contributed by atoms with Crippen molar-refractivity contribution < 1.29 is 24.2 Å². The summed E-state index contributed by atoms with van der Waals surface area (Å²) in [7, 11) is 1.68. The van der Waals surface area contributed by atoms with E-state index in [1.807, 2.05) is 56.9 Å². The maximum absolute atomic E-state index is 14.2. The van der Waals surface area contributed by atoms with E-state index in [9.17, 15) is 14.7 Å². The summed E-state index contributed by atoms with van der Waals surface area (Å²) in [6.45, 7) is 8.80. The molecule has 2 aliphatic carbocycles. The number of β-amino-alcohol motifs (C(OH)–C–C–N with tert-alkyl or cyclic N) is 1. The SMILES string of the molecule is COc1ccc(C2CCC(CN(C(=O)C3CCCCC3)c3cccc(-c4cnn(C(C)COC(=O)N5CC(O)C5(C)C)c4)c3)CC2)nc1C. The maximum atomic E-state index is 14.2. The Morgan fingerprint density at radius 2 is 1.80 bits per heavy atom. The third-order valence-electron chi connectivity index (χ3n) is 11.3. The minimum Gasteiger partial charge on any atom is -0.495 e. The maximum Gasteiger partial charge on any atom is 0.410 e. The molecule has 1 aliphatic heterocycles. The summed E-state index contributed by atoms with van der Waals surface area (Å²) in [5, 5.41) is 14.6. The highest BCUT2D eigenvalue weighted by Gasteiger charge is 2.49. The number of likely N-dealkylation sites (tertiary alicyclic amines) is 1. The van der Waals surface area contributed by atoms with Gasteiger partial charge in [0.25, 0.3) is 0 Å². The molecule has 0 bridgehead atoms. The van der Waals surface area contributed by atoms with Gasteiger partial charge in [0, 0.05) is 41.5 Å². The van der Waals surface area contributed by atoms with Crippen molar-refractivity contribution in [3.05, 3.63) is 60.2 Å². The normalized spacial score (nSPS) is 23.0. The smallest absolute Gasteiger partial charge is 0.410 e. The molecule has 49 heavy (non-hydrogen) atoms. The van der Waals surface area contributed by atoms with Gasteiger partial charge in [0.05, 0.1) is 43.2 Å². The number of anilines is 1. The molecule has 10 nitrogen and oxygen atoms in total. The Morgan fingerprint density at radius 3 is 2.47 bits per heavy atom. The van der Waals surface area contributed by atoms with Crippen LogP contribution < -0.4 is 9.64 Å². The highest BCUT2D eigenvalue weighted by Crippen LogP contribution is 2.38. The predicted octanol–water partition coefficient (Wildman–Crippen LogP) is 7.30. The summed E-state index contributed by atoms with van der Waals surface area (Å²) in [5.74, 6) is 2.03. The number of nitrogens with zero attached hydrogens (tertiary/aromatic N) is 5. The van der Waals surface area contributed by atoms with Gasteiger partial charge in [-0.25, -0.2) is 4.79 Å². The number of benzene rings is 1. The number of pyridine rings is 1. The summed E-state index contributed by atoms with van der Waals surface area (Å²) in [4.78, 5) is 35.3. The van der Waals surface area contributed by atoms with Crippen LogP contribution in [0.3, 0.4) is 0 Å². The summed E-state index contributed by atoms with van der Waals surface area (Å²) in [6, 6.07) is 12.3. The summed E-state index contributed by atoms with van der Waals surface area (Å²) in [6.07, 6.45) is 12.5. The van der Waals surface area contributed by atoms with Crippen LogP contribution in [-0.2, 0) is 9.53 Å². The summed E-state index contributed by atoms with van der Waals surface area (Å²) >= 11 is 0. The van der Waals surface area contributed by atoms with Gasteiger partial charge in [0.15, 0.2) is 0 Å². The Morgan fingerprint density at radius 1 is 1.04 bits per heavy atom. The van der Waals surface area contributed by atoms with E-state index < -0.39 is 17.7 Å². The number of hydrogen-bond donors (Lipinski definition) is 1. The summed E-state index contributed by atoms with van der Waals surface area (Å²) < 4.78 is 12.8. The fourth-order valence-corrected chi connectivity index (χ4v) is 7.74. The first-order valence-corrected chi connectivity index (χ1v) is 18.1. The molecule has 3 fully saturated rings. The number of hydrogen-bond acceptors (Lipinski definition) is 7. The number of carbonyl (C=O) groups excluding carboxylic acids is 2. The third-order valence-corrected chi connectivity index (χ3v) is 11.3. The zero-order valence-corrected chi connectivity index (χ0v) is 29.8. The average Bonchev–Trinajstić information content (AvgIpc) is 3.63. The van der Waals surface area contributed by atoms with Crippen molar-refractivity contribution in [3.63, 3.8) is 0 Å². The molecule has 2 aromatic heterocycles. The van der Waals surface area contributed by atoms with Crippen molar-refractivity contribution in [1.29, 1.82) is 0 Å². The minimum atomic E-state index is -0.621. The molecule has 264 valence electrons. The molecule has 3 aliphatic rings. The molecule has 2 atom stereocenters. The Kier molecular flexibility index (Phi) is 10.6. The van der Waals surface area contributed by atoms with Crippen LogP contribution in [0.4, 0.5) is 10.5 Å². The number of aromatic nitrogens is 3. The number of aliphatic hydroxyl groups excluding tert-OH is 1. The van der Waals surface area contributed by atoms with Gasteiger partial charge in [0.2, 0.25) is 5.91 Å². The molecule has 1 aromatic carbocycles. The first kappa shape index (κ1) is 34.9. The number of amides is 2. The van der Waals surface area contributed by atoms with E-state index in [0.717, 1.165) is 91.9 Å². The molecule has 2 saturated carbocycles. The number of aryl methyl sites for hydroxylation is 1. The zero-order chi connectivity index (χ0) is 34.7. The topological polar surface area (TPSA) is 110 Å². The first-order chi connectivity index (χ1) is 23.5. The van der Waals surface area contributed by atoms with Crippen molar-refractivity contribution in [2.75, 3.05) is 31.7 Å². The molecular weight excluding hydrogens is 618 g/mol. The van der Waals surface area contributed by atoms with Gasteiger partial charge in [-0.05, 0) is 102 Å². The number of rotatable bonds is 10. The zero-order valence-electron chi connectivity index (χ0n) is 29.8. The van der Waals surface area contributed by atoms with Crippen molar-refractivity contribution in [3.8, 4) is 16.9 Å². The van der Waals surface area contributed by atoms with E-state index in [1.54, 1.807) is 12.0 Å². The fourth-order valence-electron chi connectivity index (χ4n) is 7.74. The monoisotopic (exact) mass is 671 g/mol. The molecule has 3 aromatic rings. The van der Waals surface area contributed by atoms with Crippen LogP contribution in [-0.4, -0.2) is 75.2 Å². The highest BCUT2D eigenvalue weighted by atomic mass is 16.6. The van der Waals surface area contributed by atoms with Gasteiger partial charge in [-0.3, -0.25) is 19.4 Å². The van der Waals surface area contributed by atoms with Crippen molar-refractivity contribution in [2.45, 2.75) is 109 Å². The van der Waals surface area contributed by atoms with Gasteiger partial charge in [-0.1, -0.05) is 31.4 Å². The van der Waals surface area contributed by atoms with Crippen LogP contribution in [0, 0.1) is 18.8 Å². The molecule has 10 heteroatoms. The van der Waals surface area contributed by atoms with Crippen LogP contribution in [0.15, 0.2) is 48.8 Å². The number of aliphatic hydroxyl groups is 1.